The van der Waals surface area contributed by atoms with Gasteiger partial charge in [0.25, 0.3) is 0 Å². The van der Waals surface area contributed by atoms with Crippen LogP contribution in [0.25, 0.3) is 0 Å². The number of nitrogens with zero attached hydrogens (tertiary/aromatic N) is 2. The fraction of sp³-hybridized carbons (Fsp3) is 0.0909. The first-order valence-electron chi connectivity index (χ1n) is 9.02. The maximum atomic E-state index is 9.90. The van der Waals surface area contributed by atoms with Crippen molar-refractivity contribution in [2.45, 2.75) is 12.5 Å². The zero-order valence-electron chi connectivity index (χ0n) is 15.2. The lowest BCUT2D eigenvalue weighted by atomic mass is 9.84. The minimum atomic E-state index is -0.282. The molecule has 144 valence electrons. The van der Waals surface area contributed by atoms with E-state index in [0.717, 1.165) is 16.9 Å². The van der Waals surface area contributed by atoms with Crippen LogP contribution in [0.4, 0.5) is 0 Å². The third-order valence-electron chi connectivity index (χ3n) is 5.00. The summed E-state index contributed by atoms with van der Waals surface area (Å²) in [5.74, 6) is 1.43. The minimum absolute atomic E-state index is 0.108. The molecule has 1 aliphatic heterocycles. The van der Waals surface area contributed by atoms with Crippen LogP contribution in [0.15, 0.2) is 71.6 Å². The van der Waals surface area contributed by atoms with Crippen molar-refractivity contribution in [1.29, 1.82) is 5.41 Å². The summed E-state index contributed by atoms with van der Waals surface area (Å²) in [6, 6.07) is 16.2. The third kappa shape index (κ3) is 3.07. The number of aromatic hydroxyl groups is 1. The van der Waals surface area contributed by atoms with E-state index in [1.807, 2.05) is 42.5 Å². The molecule has 0 amide bonds. The van der Waals surface area contributed by atoms with Crippen molar-refractivity contribution in [2.75, 3.05) is 0 Å². The SMILES string of the molecule is N=c1c2c(ncn1Cc1ccco1)Oc1cc(O)ccc1[C@H]2c1ccc(Cl)cc1. The number of hydrogen-bond donors (Lipinski definition) is 2. The molecule has 1 atom stereocenters. The Morgan fingerprint density at radius 2 is 1.97 bits per heavy atom. The van der Waals surface area contributed by atoms with Crippen LogP contribution in [-0.4, -0.2) is 14.7 Å². The first kappa shape index (κ1) is 17.6. The molecule has 2 aromatic heterocycles. The average Bonchev–Trinajstić information content (AvgIpc) is 3.22. The Labute approximate surface area is 171 Å². The van der Waals surface area contributed by atoms with Crippen LogP contribution >= 0.6 is 11.6 Å². The third-order valence-corrected chi connectivity index (χ3v) is 5.25. The Kier molecular flexibility index (Phi) is 4.14. The summed E-state index contributed by atoms with van der Waals surface area (Å²) >= 11 is 6.09. The van der Waals surface area contributed by atoms with Crippen LogP contribution in [0, 0.1) is 5.41 Å². The highest BCUT2D eigenvalue weighted by atomic mass is 35.5. The van der Waals surface area contributed by atoms with Gasteiger partial charge in [-0.1, -0.05) is 29.8 Å². The number of furan rings is 1. The molecular formula is C22H16ClN3O3. The molecule has 4 aromatic rings. The Morgan fingerprint density at radius 3 is 2.72 bits per heavy atom. The number of ether oxygens (including phenoxy) is 1. The molecular weight excluding hydrogens is 390 g/mol. The topological polar surface area (TPSA) is 84.3 Å². The maximum Gasteiger partial charge on any atom is 0.228 e. The lowest BCUT2D eigenvalue weighted by molar-refractivity contribution is 0.411. The van der Waals surface area contributed by atoms with Gasteiger partial charge < -0.3 is 18.8 Å². The van der Waals surface area contributed by atoms with Crippen molar-refractivity contribution in [3.05, 3.63) is 100 Å². The van der Waals surface area contributed by atoms with Crippen LogP contribution < -0.4 is 10.2 Å². The molecule has 0 saturated heterocycles. The number of aromatic nitrogens is 2. The smallest absolute Gasteiger partial charge is 0.228 e. The van der Waals surface area contributed by atoms with E-state index in [0.29, 0.717) is 28.8 Å². The van der Waals surface area contributed by atoms with Gasteiger partial charge in [-0.3, -0.25) is 5.41 Å². The predicted octanol–water partition coefficient (Wildman–Crippen LogP) is 4.65. The predicted molar refractivity (Wildman–Crippen MR) is 106 cm³/mol. The minimum Gasteiger partial charge on any atom is -0.508 e. The van der Waals surface area contributed by atoms with Crippen molar-refractivity contribution < 1.29 is 14.3 Å². The number of benzene rings is 2. The molecule has 5 rings (SSSR count). The second-order valence-corrected chi connectivity index (χ2v) is 7.26. The molecule has 29 heavy (non-hydrogen) atoms. The molecule has 2 N–H and O–H groups in total. The maximum absolute atomic E-state index is 9.90. The second kappa shape index (κ2) is 6.83. The van der Waals surface area contributed by atoms with E-state index >= 15 is 0 Å². The molecule has 0 radical (unpaired) electrons. The zero-order chi connectivity index (χ0) is 20.0. The fourth-order valence-electron chi connectivity index (χ4n) is 3.65. The van der Waals surface area contributed by atoms with Gasteiger partial charge in [0.15, 0.2) is 0 Å². The number of phenolic OH excluding ortho intramolecular Hbond substituents is 1. The molecule has 0 unspecified atom stereocenters. The summed E-state index contributed by atoms with van der Waals surface area (Å²) in [4.78, 5) is 4.45. The number of phenols is 1. The summed E-state index contributed by atoms with van der Waals surface area (Å²) < 4.78 is 13.1. The van der Waals surface area contributed by atoms with Gasteiger partial charge in [0, 0.05) is 22.6 Å². The van der Waals surface area contributed by atoms with Crippen molar-refractivity contribution in [3.8, 4) is 17.4 Å². The van der Waals surface area contributed by atoms with E-state index in [-0.39, 0.29) is 17.2 Å². The molecule has 0 bridgehead atoms. The van der Waals surface area contributed by atoms with Gasteiger partial charge in [-0.2, -0.15) is 0 Å². The van der Waals surface area contributed by atoms with Gasteiger partial charge in [0.2, 0.25) is 5.88 Å². The lowest BCUT2D eigenvalue weighted by Crippen LogP contribution is -2.30. The molecule has 0 aliphatic carbocycles. The first-order chi connectivity index (χ1) is 14.1. The number of fused-ring (bicyclic) bond motifs is 2. The molecule has 7 heteroatoms. The summed E-state index contributed by atoms with van der Waals surface area (Å²) in [7, 11) is 0. The van der Waals surface area contributed by atoms with Crippen LogP contribution in [0.1, 0.15) is 28.4 Å². The average molecular weight is 406 g/mol. The van der Waals surface area contributed by atoms with E-state index in [1.54, 1.807) is 29.3 Å². The Bertz CT molecular complexity index is 1250. The highest BCUT2D eigenvalue weighted by molar-refractivity contribution is 6.30. The molecule has 2 aromatic carbocycles. The van der Waals surface area contributed by atoms with E-state index in [2.05, 4.69) is 4.98 Å². The molecule has 0 saturated carbocycles. The normalized spacial score (nSPS) is 14.7. The molecule has 0 fully saturated rings. The highest BCUT2D eigenvalue weighted by Crippen LogP contribution is 2.46. The number of hydrogen-bond acceptors (Lipinski definition) is 5. The van der Waals surface area contributed by atoms with E-state index < -0.39 is 0 Å². The first-order valence-corrected chi connectivity index (χ1v) is 9.40. The fourth-order valence-corrected chi connectivity index (χ4v) is 3.77. The zero-order valence-corrected chi connectivity index (χ0v) is 15.9. The van der Waals surface area contributed by atoms with Gasteiger partial charge in [0.05, 0.1) is 18.4 Å². The van der Waals surface area contributed by atoms with Crippen molar-refractivity contribution in [1.82, 2.24) is 9.55 Å². The van der Waals surface area contributed by atoms with Crippen LogP contribution in [0.2, 0.25) is 5.02 Å². The van der Waals surface area contributed by atoms with Gasteiger partial charge in [-0.25, -0.2) is 4.98 Å². The van der Waals surface area contributed by atoms with Gasteiger partial charge in [-0.15, -0.1) is 0 Å². The molecule has 6 nitrogen and oxygen atoms in total. The van der Waals surface area contributed by atoms with Gasteiger partial charge in [-0.05, 0) is 35.9 Å². The van der Waals surface area contributed by atoms with Crippen LogP contribution in [-0.2, 0) is 6.54 Å². The van der Waals surface area contributed by atoms with Crippen molar-refractivity contribution in [3.63, 3.8) is 0 Å². The highest BCUT2D eigenvalue weighted by Gasteiger charge is 2.32. The van der Waals surface area contributed by atoms with Crippen molar-refractivity contribution in [2.24, 2.45) is 0 Å². The Morgan fingerprint density at radius 1 is 1.14 bits per heavy atom. The summed E-state index contributed by atoms with van der Waals surface area (Å²) in [5, 5.41) is 19.4. The quantitative estimate of drug-likeness (QED) is 0.457. The summed E-state index contributed by atoms with van der Waals surface area (Å²) in [5.41, 5.74) is 2.74. The number of halogens is 1. The number of rotatable bonds is 3. The molecule has 1 aliphatic rings. The largest absolute Gasteiger partial charge is 0.508 e. The Hall–Kier alpha value is -3.51. The number of nitrogens with one attached hydrogen (secondary N) is 1. The Balaban J connectivity index is 1.71. The van der Waals surface area contributed by atoms with E-state index in [4.69, 9.17) is 26.2 Å². The summed E-state index contributed by atoms with van der Waals surface area (Å²) in [6.07, 6.45) is 3.17. The van der Waals surface area contributed by atoms with E-state index in [1.165, 1.54) is 0 Å². The molecule has 3 heterocycles. The second-order valence-electron chi connectivity index (χ2n) is 6.83. The standard InChI is InChI=1S/C22H16ClN3O3/c23-14-5-3-13(4-6-14)19-17-8-7-15(27)10-18(17)29-22-20(19)21(24)26(12-25-22)11-16-2-1-9-28-16/h1-10,12,19,24,27H,11H2/t19-/m1/s1. The van der Waals surface area contributed by atoms with Crippen LogP contribution in [0.5, 0.6) is 17.4 Å². The lowest BCUT2D eigenvalue weighted by Gasteiger charge is -2.28. The van der Waals surface area contributed by atoms with Crippen molar-refractivity contribution >= 4 is 11.6 Å². The monoisotopic (exact) mass is 405 g/mol. The molecule has 0 spiro atoms. The van der Waals surface area contributed by atoms with Gasteiger partial charge >= 0.3 is 0 Å². The van der Waals surface area contributed by atoms with Gasteiger partial charge in [0.1, 0.15) is 29.1 Å². The van der Waals surface area contributed by atoms with E-state index in [9.17, 15) is 5.11 Å². The van der Waals surface area contributed by atoms with Crippen LogP contribution in [0.3, 0.4) is 0 Å². The summed E-state index contributed by atoms with van der Waals surface area (Å²) in [6.45, 7) is 0.391.